The maximum atomic E-state index is 12.8. The Kier molecular flexibility index (Phi) is 5.05. The molecule has 2 N–H and O–H groups in total. The Labute approximate surface area is 135 Å². The van der Waals surface area contributed by atoms with Gasteiger partial charge in [-0.1, -0.05) is 30.1 Å². The highest BCUT2D eigenvalue weighted by Crippen LogP contribution is 2.34. The van der Waals surface area contributed by atoms with Gasteiger partial charge in [0.1, 0.15) is 4.90 Å². The van der Waals surface area contributed by atoms with Crippen molar-refractivity contribution in [3.8, 4) is 0 Å². The molecule has 0 spiro atoms. The molecule has 1 unspecified atom stereocenters. The van der Waals surface area contributed by atoms with Crippen molar-refractivity contribution in [2.45, 2.75) is 24.3 Å². The van der Waals surface area contributed by atoms with Gasteiger partial charge in [-0.05, 0) is 25.6 Å². The lowest BCUT2D eigenvalue weighted by Crippen LogP contribution is -2.52. The number of halogens is 2. The van der Waals surface area contributed by atoms with Crippen molar-refractivity contribution in [1.29, 1.82) is 0 Å². The normalized spacial score (nSPS) is 21.6. The standard InChI is InChI=1S/C13H19Cl2N3O2S/c1-3-10-8-18(5-4-17(10)2)21(19,20)13-11(15)6-9(14)7-12(13)16/h6-7,10H,3-5,8,16H2,1-2H3. The first-order valence-corrected chi connectivity index (χ1v) is 8.92. The van der Waals surface area contributed by atoms with Crippen LogP contribution in [0.15, 0.2) is 17.0 Å². The number of nitrogens with zero attached hydrogens (tertiary/aromatic N) is 2. The fourth-order valence-corrected chi connectivity index (χ4v) is 4.97. The predicted octanol–water partition coefficient (Wildman–Crippen LogP) is 2.29. The molecule has 2 rings (SSSR count). The van der Waals surface area contributed by atoms with Crippen LogP contribution < -0.4 is 5.73 Å². The second-order valence-corrected chi connectivity index (χ2v) is 7.93. The van der Waals surface area contributed by atoms with Crippen LogP contribution in [0, 0.1) is 0 Å². The van der Waals surface area contributed by atoms with Crippen molar-refractivity contribution in [1.82, 2.24) is 9.21 Å². The molecule has 0 aliphatic carbocycles. The lowest BCUT2D eigenvalue weighted by molar-refractivity contribution is 0.144. The van der Waals surface area contributed by atoms with E-state index >= 15 is 0 Å². The summed E-state index contributed by atoms with van der Waals surface area (Å²) < 4.78 is 27.1. The van der Waals surface area contributed by atoms with Crippen LogP contribution in [-0.2, 0) is 10.0 Å². The summed E-state index contributed by atoms with van der Waals surface area (Å²) in [6, 6.07) is 3.01. The van der Waals surface area contributed by atoms with Crippen molar-refractivity contribution in [2.75, 3.05) is 32.4 Å². The Bertz CT molecular complexity index is 613. The third kappa shape index (κ3) is 3.29. The average Bonchev–Trinajstić information content (AvgIpc) is 2.37. The van der Waals surface area contributed by atoms with Crippen LogP contribution in [0.3, 0.4) is 0 Å². The van der Waals surface area contributed by atoms with E-state index in [9.17, 15) is 8.42 Å². The molecule has 0 saturated carbocycles. The minimum Gasteiger partial charge on any atom is -0.398 e. The van der Waals surface area contributed by atoms with Gasteiger partial charge in [-0.25, -0.2) is 8.42 Å². The molecule has 0 aromatic heterocycles. The van der Waals surface area contributed by atoms with Gasteiger partial charge >= 0.3 is 0 Å². The largest absolute Gasteiger partial charge is 0.398 e. The number of anilines is 1. The van der Waals surface area contributed by atoms with Crippen molar-refractivity contribution in [3.05, 3.63) is 22.2 Å². The number of likely N-dealkylation sites (N-methyl/N-ethyl adjacent to an activating group) is 1. The van der Waals surface area contributed by atoms with Crippen LogP contribution in [0.2, 0.25) is 10.0 Å². The number of nitrogen functional groups attached to an aromatic ring is 1. The monoisotopic (exact) mass is 351 g/mol. The van der Waals surface area contributed by atoms with Crippen LogP contribution in [0.5, 0.6) is 0 Å². The topological polar surface area (TPSA) is 66.6 Å². The first-order chi connectivity index (χ1) is 9.77. The molecule has 0 bridgehead atoms. The minimum atomic E-state index is -3.72. The van der Waals surface area contributed by atoms with Crippen molar-refractivity contribution in [2.24, 2.45) is 0 Å². The van der Waals surface area contributed by atoms with E-state index in [0.29, 0.717) is 24.7 Å². The second kappa shape index (κ2) is 6.30. The Balaban J connectivity index is 2.39. The summed E-state index contributed by atoms with van der Waals surface area (Å²) in [6.45, 7) is 3.59. The highest BCUT2D eigenvalue weighted by atomic mass is 35.5. The van der Waals surface area contributed by atoms with E-state index in [2.05, 4.69) is 4.90 Å². The SMILES string of the molecule is CCC1CN(S(=O)(=O)c2c(N)cc(Cl)cc2Cl)CCN1C. The summed E-state index contributed by atoms with van der Waals surface area (Å²) in [7, 11) is -1.71. The van der Waals surface area contributed by atoms with E-state index in [1.807, 2.05) is 14.0 Å². The van der Waals surface area contributed by atoms with E-state index < -0.39 is 10.0 Å². The number of nitrogens with two attached hydrogens (primary N) is 1. The van der Waals surface area contributed by atoms with Crippen LogP contribution in [0.1, 0.15) is 13.3 Å². The van der Waals surface area contributed by atoms with Gasteiger partial charge in [0.2, 0.25) is 10.0 Å². The highest BCUT2D eigenvalue weighted by Gasteiger charge is 2.34. The maximum absolute atomic E-state index is 12.8. The third-order valence-electron chi connectivity index (χ3n) is 3.85. The molecule has 1 aliphatic heterocycles. The van der Waals surface area contributed by atoms with Crippen molar-refractivity contribution >= 4 is 38.9 Å². The Morgan fingerprint density at radius 2 is 2.00 bits per heavy atom. The number of hydrogen-bond acceptors (Lipinski definition) is 4. The zero-order valence-electron chi connectivity index (χ0n) is 12.0. The van der Waals surface area contributed by atoms with E-state index in [1.54, 1.807) is 0 Å². The van der Waals surface area contributed by atoms with Gasteiger partial charge < -0.3 is 10.6 Å². The van der Waals surface area contributed by atoms with Gasteiger partial charge in [-0.3, -0.25) is 0 Å². The van der Waals surface area contributed by atoms with Gasteiger partial charge in [0.25, 0.3) is 0 Å². The fraction of sp³-hybridized carbons (Fsp3) is 0.538. The lowest BCUT2D eigenvalue weighted by atomic mass is 10.1. The van der Waals surface area contributed by atoms with Crippen LogP contribution >= 0.6 is 23.2 Å². The first kappa shape index (κ1) is 16.8. The minimum absolute atomic E-state index is 0.0482. The molecule has 5 nitrogen and oxygen atoms in total. The summed E-state index contributed by atoms with van der Waals surface area (Å²) in [5, 5.41) is 0.383. The van der Waals surface area contributed by atoms with E-state index in [0.717, 1.165) is 6.42 Å². The summed E-state index contributed by atoms with van der Waals surface area (Å²) in [5.74, 6) is 0. The van der Waals surface area contributed by atoms with E-state index in [-0.39, 0.29) is 21.6 Å². The third-order valence-corrected chi connectivity index (χ3v) is 6.46. The molecular formula is C13H19Cl2N3O2S. The Morgan fingerprint density at radius 3 is 2.57 bits per heavy atom. The van der Waals surface area contributed by atoms with E-state index in [1.165, 1.54) is 16.4 Å². The molecule has 1 fully saturated rings. The molecule has 1 aliphatic rings. The smallest absolute Gasteiger partial charge is 0.246 e. The number of hydrogen-bond donors (Lipinski definition) is 1. The van der Waals surface area contributed by atoms with Gasteiger partial charge in [0, 0.05) is 30.7 Å². The maximum Gasteiger partial charge on any atom is 0.246 e. The van der Waals surface area contributed by atoms with E-state index in [4.69, 9.17) is 28.9 Å². The lowest BCUT2D eigenvalue weighted by Gasteiger charge is -2.38. The summed E-state index contributed by atoms with van der Waals surface area (Å²) in [4.78, 5) is 2.12. The van der Waals surface area contributed by atoms with Crippen LogP contribution in [0.4, 0.5) is 5.69 Å². The molecule has 118 valence electrons. The molecule has 0 radical (unpaired) electrons. The van der Waals surface area contributed by atoms with Gasteiger partial charge in [0.15, 0.2) is 0 Å². The molecule has 1 heterocycles. The Hall–Kier alpha value is -0.530. The summed E-state index contributed by atoms with van der Waals surface area (Å²) >= 11 is 11.9. The number of piperazine rings is 1. The molecular weight excluding hydrogens is 333 g/mol. The number of sulfonamides is 1. The zero-order valence-corrected chi connectivity index (χ0v) is 14.3. The molecule has 21 heavy (non-hydrogen) atoms. The summed E-state index contributed by atoms with van der Waals surface area (Å²) in [6.07, 6.45) is 0.881. The van der Waals surface area contributed by atoms with Gasteiger partial charge in [0.05, 0.1) is 10.7 Å². The predicted molar refractivity (Wildman–Crippen MR) is 86.3 cm³/mol. The fourth-order valence-electron chi connectivity index (χ4n) is 2.56. The molecule has 1 aromatic rings. The summed E-state index contributed by atoms with van der Waals surface area (Å²) in [5.41, 5.74) is 5.91. The van der Waals surface area contributed by atoms with Crippen LogP contribution in [0.25, 0.3) is 0 Å². The van der Waals surface area contributed by atoms with Crippen molar-refractivity contribution in [3.63, 3.8) is 0 Å². The number of rotatable bonds is 3. The van der Waals surface area contributed by atoms with Crippen molar-refractivity contribution < 1.29 is 8.42 Å². The number of benzene rings is 1. The molecule has 1 atom stereocenters. The molecule has 0 amide bonds. The second-order valence-electron chi connectivity index (χ2n) is 5.21. The Morgan fingerprint density at radius 1 is 1.33 bits per heavy atom. The van der Waals surface area contributed by atoms with Gasteiger partial charge in [-0.15, -0.1) is 0 Å². The van der Waals surface area contributed by atoms with Crippen LogP contribution in [-0.4, -0.2) is 50.3 Å². The molecule has 1 aromatic carbocycles. The zero-order chi connectivity index (χ0) is 15.8. The molecule has 1 saturated heterocycles. The quantitative estimate of drug-likeness (QED) is 0.848. The van der Waals surface area contributed by atoms with Gasteiger partial charge in [-0.2, -0.15) is 4.31 Å². The highest BCUT2D eigenvalue weighted by molar-refractivity contribution is 7.89. The molecule has 8 heteroatoms. The average molecular weight is 352 g/mol. The first-order valence-electron chi connectivity index (χ1n) is 6.72.